The highest BCUT2D eigenvalue weighted by molar-refractivity contribution is 5.95. The molecule has 0 spiro atoms. The molecule has 0 fully saturated rings. The van der Waals surface area contributed by atoms with Gasteiger partial charge in [0.2, 0.25) is 5.91 Å². The minimum absolute atomic E-state index is 0.142. The fourth-order valence-electron chi connectivity index (χ4n) is 2.49. The van der Waals surface area contributed by atoms with Gasteiger partial charge in [0.25, 0.3) is 5.91 Å². The maximum absolute atomic E-state index is 12.3. The van der Waals surface area contributed by atoms with Crippen molar-refractivity contribution in [3.8, 4) is 0 Å². The Labute approximate surface area is 139 Å². The lowest BCUT2D eigenvalue weighted by Crippen LogP contribution is -2.23. The van der Waals surface area contributed by atoms with Gasteiger partial charge < -0.3 is 10.6 Å². The Hall–Kier alpha value is -3.21. The van der Waals surface area contributed by atoms with Crippen molar-refractivity contribution in [2.75, 3.05) is 5.32 Å². The van der Waals surface area contributed by atoms with Crippen LogP contribution in [0, 0.1) is 0 Å². The van der Waals surface area contributed by atoms with Gasteiger partial charge in [-0.05, 0) is 42.0 Å². The molecule has 0 saturated carbocycles. The van der Waals surface area contributed by atoms with Crippen LogP contribution in [0.4, 0.5) is 5.69 Å². The SMILES string of the molecule is CC(=O)Nc1ccc(C(=O)NCc2ccnc3ccccc23)cc1. The summed E-state index contributed by atoms with van der Waals surface area (Å²) in [5.74, 6) is -0.304. The molecular weight excluding hydrogens is 302 g/mol. The van der Waals surface area contributed by atoms with Gasteiger partial charge in [0.05, 0.1) is 5.52 Å². The standard InChI is InChI=1S/C19H17N3O2/c1-13(23)22-16-8-6-14(7-9-16)19(24)21-12-15-10-11-20-18-5-3-2-4-17(15)18/h2-11H,12H2,1H3,(H,21,24)(H,22,23). The molecule has 5 heteroatoms. The van der Waals surface area contributed by atoms with E-state index >= 15 is 0 Å². The molecule has 0 saturated heterocycles. The van der Waals surface area contributed by atoms with Gasteiger partial charge in [-0.15, -0.1) is 0 Å². The van der Waals surface area contributed by atoms with Crippen LogP contribution >= 0.6 is 0 Å². The number of amides is 2. The van der Waals surface area contributed by atoms with Crippen molar-refractivity contribution in [2.45, 2.75) is 13.5 Å². The van der Waals surface area contributed by atoms with Crippen molar-refractivity contribution in [1.82, 2.24) is 10.3 Å². The van der Waals surface area contributed by atoms with E-state index in [1.165, 1.54) is 6.92 Å². The van der Waals surface area contributed by atoms with Crippen molar-refractivity contribution in [3.63, 3.8) is 0 Å². The molecule has 5 nitrogen and oxygen atoms in total. The zero-order chi connectivity index (χ0) is 16.9. The molecule has 0 atom stereocenters. The average molecular weight is 319 g/mol. The smallest absolute Gasteiger partial charge is 0.251 e. The maximum Gasteiger partial charge on any atom is 0.251 e. The summed E-state index contributed by atoms with van der Waals surface area (Å²) in [5, 5.41) is 6.61. The molecule has 0 aliphatic heterocycles. The molecule has 0 aliphatic rings. The van der Waals surface area contributed by atoms with E-state index in [0.717, 1.165) is 16.5 Å². The van der Waals surface area contributed by atoms with E-state index in [2.05, 4.69) is 15.6 Å². The van der Waals surface area contributed by atoms with Crippen molar-refractivity contribution in [3.05, 3.63) is 71.9 Å². The Morgan fingerprint density at radius 1 is 1.00 bits per heavy atom. The number of benzene rings is 2. The van der Waals surface area contributed by atoms with Crippen LogP contribution in [0.5, 0.6) is 0 Å². The lowest BCUT2D eigenvalue weighted by molar-refractivity contribution is -0.114. The number of hydrogen-bond acceptors (Lipinski definition) is 3. The van der Waals surface area contributed by atoms with Gasteiger partial charge in [-0.25, -0.2) is 0 Å². The Balaban J connectivity index is 1.69. The third-order valence-electron chi connectivity index (χ3n) is 3.65. The molecule has 1 heterocycles. The molecule has 0 aliphatic carbocycles. The molecule has 2 aromatic carbocycles. The van der Waals surface area contributed by atoms with E-state index in [9.17, 15) is 9.59 Å². The lowest BCUT2D eigenvalue weighted by atomic mass is 10.1. The largest absolute Gasteiger partial charge is 0.348 e. The van der Waals surface area contributed by atoms with Crippen LogP contribution in [0.15, 0.2) is 60.8 Å². The zero-order valence-electron chi connectivity index (χ0n) is 13.2. The highest BCUT2D eigenvalue weighted by Gasteiger charge is 2.07. The first kappa shape index (κ1) is 15.7. The normalized spacial score (nSPS) is 10.4. The summed E-state index contributed by atoms with van der Waals surface area (Å²) in [6.45, 7) is 1.87. The molecule has 120 valence electrons. The van der Waals surface area contributed by atoms with Crippen LogP contribution in [0.1, 0.15) is 22.8 Å². The number of anilines is 1. The number of aromatic nitrogens is 1. The second-order valence-corrected chi connectivity index (χ2v) is 5.43. The predicted molar refractivity (Wildman–Crippen MR) is 93.7 cm³/mol. The van der Waals surface area contributed by atoms with Gasteiger partial charge in [-0.3, -0.25) is 14.6 Å². The van der Waals surface area contributed by atoms with Gasteiger partial charge in [0.1, 0.15) is 0 Å². The number of carbonyl (C=O) groups is 2. The quantitative estimate of drug-likeness (QED) is 0.776. The summed E-state index contributed by atoms with van der Waals surface area (Å²) in [5.41, 5.74) is 3.13. The van der Waals surface area contributed by atoms with Gasteiger partial charge in [-0.2, -0.15) is 0 Å². The molecule has 2 N–H and O–H groups in total. The van der Waals surface area contributed by atoms with Crippen molar-refractivity contribution < 1.29 is 9.59 Å². The summed E-state index contributed by atoms with van der Waals surface area (Å²) < 4.78 is 0. The first-order chi connectivity index (χ1) is 11.6. The number of pyridine rings is 1. The summed E-state index contributed by atoms with van der Waals surface area (Å²) in [4.78, 5) is 27.6. The van der Waals surface area contributed by atoms with Crippen LogP contribution in [0.2, 0.25) is 0 Å². The van der Waals surface area contributed by atoms with Crippen molar-refractivity contribution >= 4 is 28.4 Å². The summed E-state index contributed by atoms with van der Waals surface area (Å²) in [6, 6.07) is 16.5. The van der Waals surface area contributed by atoms with Gasteiger partial charge >= 0.3 is 0 Å². The molecule has 24 heavy (non-hydrogen) atoms. The van der Waals surface area contributed by atoms with E-state index in [1.54, 1.807) is 30.5 Å². The highest BCUT2D eigenvalue weighted by Crippen LogP contribution is 2.16. The molecule has 0 bridgehead atoms. The van der Waals surface area contributed by atoms with E-state index in [0.29, 0.717) is 17.8 Å². The Morgan fingerprint density at radius 2 is 1.75 bits per heavy atom. The Morgan fingerprint density at radius 3 is 2.50 bits per heavy atom. The van der Waals surface area contributed by atoms with Gasteiger partial charge in [0, 0.05) is 36.3 Å². The molecule has 3 aromatic rings. The van der Waals surface area contributed by atoms with Crippen molar-refractivity contribution in [1.29, 1.82) is 0 Å². The molecular formula is C19H17N3O2. The second kappa shape index (κ2) is 6.91. The zero-order valence-corrected chi connectivity index (χ0v) is 13.2. The molecule has 1 aromatic heterocycles. The number of carbonyl (C=O) groups excluding carboxylic acids is 2. The van der Waals surface area contributed by atoms with Crippen LogP contribution in [0.25, 0.3) is 10.9 Å². The van der Waals surface area contributed by atoms with Crippen LogP contribution < -0.4 is 10.6 Å². The van der Waals surface area contributed by atoms with Crippen LogP contribution in [0.3, 0.4) is 0 Å². The fourth-order valence-corrected chi connectivity index (χ4v) is 2.49. The summed E-state index contributed by atoms with van der Waals surface area (Å²) in [6.07, 6.45) is 1.74. The predicted octanol–water partition coefficient (Wildman–Crippen LogP) is 3.12. The monoisotopic (exact) mass is 319 g/mol. The van der Waals surface area contributed by atoms with E-state index < -0.39 is 0 Å². The van der Waals surface area contributed by atoms with E-state index in [1.807, 2.05) is 30.3 Å². The van der Waals surface area contributed by atoms with Gasteiger partial charge in [-0.1, -0.05) is 18.2 Å². The number of nitrogens with zero attached hydrogens (tertiary/aromatic N) is 1. The first-order valence-electron chi connectivity index (χ1n) is 7.62. The number of rotatable bonds is 4. The van der Waals surface area contributed by atoms with Gasteiger partial charge in [0.15, 0.2) is 0 Å². The third kappa shape index (κ3) is 3.57. The Bertz CT molecular complexity index is 883. The van der Waals surface area contributed by atoms with Crippen molar-refractivity contribution in [2.24, 2.45) is 0 Å². The van der Waals surface area contributed by atoms with Crippen LogP contribution in [-0.4, -0.2) is 16.8 Å². The summed E-state index contributed by atoms with van der Waals surface area (Å²) >= 11 is 0. The highest BCUT2D eigenvalue weighted by atomic mass is 16.2. The molecule has 2 amide bonds. The average Bonchev–Trinajstić information content (AvgIpc) is 2.59. The maximum atomic E-state index is 12.3. The third-order valence-corrected chi connectivity index (χ3v) is 3.65. The number of hydrogen-bond donors (Lipinski definition) is 2. The topological polar surface area (TPSA) is 71.1 Å². The number of fused-ring (bicyclic) bond motifs is 1. The minimum Gasteiger partial charge on any atom is -0.348 e. The number of nitrogens with one attached hydrogen (secondary N) is 2. The summed E-state index contributed by atoms with van der Waals surface area (Å²) in [7, 11) is 0. The number of para-hydroxylation sites is 1. The van der Waals surface area contributed by atoms with E-state index in [4.69, 9.17) is 0 Å². The second-order valence-electron chi connectivity index (χ2n) is 5.43. The molecule has 3 rings (SSSR count). The fraction of sp³-hybridized carbons (Fsp3) is 0.105. The first-order valence-corrected chi connectivity index (χ1v) is 7.62. The molecule has 0 unspecified atom stereocenters. The van der Waals surface area contributed by atoms with Crippen LogP contribution in [-0.2, 0) is 11.3 Å². The minimum atomic E-state index is -0.162. The van der Waals surface area contributed by atoms with E-state index in [-0.39, 0.29) is 11.8 Å². The lowest BCUT2D eigenvalue weighted by Gasteiger charge is -2.09. The molecule has 0 radical (unpaired) electrons. The Kier molecular flexibility index (Phi) is 4.52.